The van der Waals surface area contributed by atoms with E-state index in [1.807, 2.05) is 24.3 Å². The molecule has 12 heteroatoms. The van der Waals surface area contributed by atoms with Gasteiger partial charge in [-0.1, -0.05) is 50.6 Å². The molecule has 1 rings (SSSR count). The molecule has 0 radical (unpaired) electrons. The zero-order valence-corrected chi connectivity index (χ0v) is 29.0. The molecule has 0 fully saturated rings. The first-order valence-corrected chi connectivity index (χ1v) is 16.0. The third-order valence-corrected chi connectivity index (χ3v) is 6.83. The molecule has 0 heterocycles. The molecule has 12 nitrogen and oxygen atoms in total. The zero-order chi connectivity index (χ0) is 35.9. The summed E-state index contributed by atoms with van der Waals surface area (Å²) in [6.45, 7) is 25.2. The fourth-order valence-electron chi connectivity index (χ4n) is 3.97. The van der Waals surface area contributed by atoms with Gasteiger partial charge in [0.2, 0.25) is 23.6 Å². The van der Waals surface area contributed by atoms with Crippen LogP contribution in [0.1, 0.15) is 50.7 Å². The molecule has 0 aliphatic carbocycles. The van der Waals surface area contributed by atoms with Crippen LogP contribution in [-0.2, 0) is 38.1 Å². The Bertz CT molecular complexity index is 1080. The van der Waals surface area contributed by atoms with Crippen molar-refractivity contribution < 1.29 is 38.1 Å². The second-order valence-corrected chi connectivity index (χ2v) is 11.5. The molecule has 0 saturated carbocycles. The van der Waals surface area contributed by atoms with Crippen molar-refractivity contribution in [2.45, 2.75) is 39.5 Å². The van der Waals surface area contributed by atoms with Gasteiger partial charge in [-0.3, -0.25) is 19.2 Å². The van der Waals surface area contributed by atoms with Crippen molar-refractivity contribution in [2.24, 2.45) is 0 Å². The quantitative estimate of drug-likeness (QED) is 0.0868. The van der Waals surface area contributed by atoms with E-state index in [2.05, 4.69) is 47.6 Å². The predicted octanol–water partition coefficient (Wildman–Crippen LogP) is 2.69. The highest BCUT2D eigenvalue weighted by Gasteiger charge is 2.17. The Morgan fingerprint density at radius 3 is 0.875 bits per heavy atom. The Morgan fingerprint density at radius 2 is 0.688 bits per heavy atom. The second-order valence-electron chi connectivity index (χ2n) is 11.5. The molecule has 0 aliphatic rings. The van der Waals surface area contributed by atoms with Crippen molar-refractivity contribution >= 4 is 23.6 Å². The molecule has 48 heavy (non-hydrogen) atoms. The summed E-state index contributed by atoms with van der Waals surface area (Å²) in [5, 5.41) is 11.0. The van der Waals surface area contributed by atoms with Gasteiger partial charge in [0.05, 0.1) is 52.9 Å². The lowest BCUT2D eigenvalue weighted by molar-refractivity contribution is -0.118. The van der Waals surface area contributed by atoms with Gasteiger partial charge in [-0.2, -0.15) is 0 Å². The van der Waals surface area contributed by atoms with E-state index in [-0.39, 0.29) is 35.5 Å². The number of hydrogen-bond donors (Lipinski definition) is 4. The molecule has 4 N–H and O–H groups in total. The predicted molar refractivity (Wildman–Crippen MR) is 186 cm³/mol. The first-order valence-electron chi connectivity index (χ1n) is 16.0. The summed E-state index contributed by atoms with van der Waals surface area (Å²) in [5.74, 6) is -1.12. The summed E-state index contributed by atoms with van der Waals surface area (Å²) in [5.41, 5.74) is 3.69. The summed E-state index contributed by atoms with van der Waals surface area (Å²) in [4.78, 5) is 47.0. The minimum atomic E-state index is -0.221. The third-order valence-electron chi connectivity index (χ3n) is 6.83. The number of hydrogen-bond acceptors (Lipinski definition) is 8. The fourth-order valence-corrected chi connectivity index (χ4v) is 3.97. The molecule has 4 amide bonds. The van der Waals surface area contributed by atoms with Crippen LogP contribution >= 0.6 is 0 Å². The lowest BCUT2D eigenvalue weighted by Gasteiger charge is -2.21. The van der Waals surface area contributed by atoms with Gasteiger partial charge in [-0.15, -0.1) is 0 Å². The van der Waals surface area contributed by atoms with E-state index in [4.69, 9.17) is 18.9 Å². The molecule has 0 spiro atoms. The van der Waals surface area contributed by atoms with Gasteiger partial charge in [0.15, 0.2) is 0 Å². The molecule has 0 aromatic heterocycles. The molecule has 1 aromatic rings. The maximum Gasteiger partial charge on any atom is 0.246 e. The van der Waals surface area contributed by atoms with E-state index in [1.165, 1.54) is 0 Å². The molecule has 0 saturated heterocycles. The largest absolute Gasteiger partial charge is 0.379 e. The first-order chi connectivity index (χ1) is 22.8. The molecule has 0 unspecified atom stereocenters. The Balaban J connectivity index is 2.90. The maximum absolute atomic E-state index is 11.8. The Kier molecular flexibility index (Phi) is 21.1. The molecule has 0 bridgehead atoms. The smallest absolute Gasteiger partial charge is 0.246 e. The van der Waals surface area contributed by atoms with Crippen LogP contribution in [0.4, 0.5) is 0 Å². The van der Waals surface area contributed by atoms with E-state index in [0.717, 1.165) is 11.1 Å². The van der Waals surface area contributed by atoms with Crippen LogP contribution in [0.5, 0.6) is 0 Å². The minimum Gasteiger partial charge on any atom is -0.379 e. The molecule has 0 aliphatic heterocycles. The number of benzene rings is 1. The van der Waals surface area contributed by atoms with Gasteiger partial charge in [0.25, 0.3) is 0 Å². The van der Waals surface area contributed by atoms with Gasteiger partial charge >= 0.3 is 0 Å². The van der Waals surface area contributed by atoms with Crippen molar-refractivity contribution in [1.29, 1.82) is 0 Å². The van der Waals surface area contributed by atoms with Crippen LogP contribution in [0.2, 0.25) is 0 Å². The van der Waals surface area contributed by atoms with Gasteiger partial charge in [-0.25, -0.2) is 0 Å². The van der Waals surface area contributed by atoms with Gasteiger partial charge in [0, 0.05) is 60.3 Å². The Labute approximate surface area is 285 Å². The van der Waals surface area contributed by atoms with E-state index < -0.39 is 0 Å². The highest BCUT2D eigenvalue weighted by molar-refractivity contribution is 5.93. The summed E-state index contributed by atoms with van der Waals surface area (Å²) in [7, 11) is 0. The monoisotopic (exact) mass is 670 g/mol. The van der Waals surface area contributed by atoms with Crippen molar-refractivity contribution in [2.75, 3.05) is 79.0 Å². The lowest BCUT2D eigenvalue weighted by Crippen LogP contribution is -2.29. The highest BCUT2D eigenvalue weighted by atomic mass is 16.5. The van der Waals surface area contributed by atoms with E-state index in [0.29, 0.717) is 101 Å². The number of amides is 4. The van der Waals surface area contributed by atoms with Crippen molar-refractivity contribution in [3.05, 3.63) is 84.0 Å². The minimum absolute atomic E-state index is 0.118. The molecular formula is C36H54N4O8. The average molecular weight is 671 g/mol. The van der Waals surface area contributed by atoms with E-state index in [1.54, 1.807) is 27.7 Å². The van der Waals surface area contributed by atoms with Crippen LogP contribution in [0.25, 0.3) is 0 Å². The summed E-state index contributed by atoms with van der Waals surface area (Å²) in [6, 6.07) is 8.02. The summed E-state index contributed by atoms with van der Waals surface area (Å²) in [6.07, 6.45) is 0. The normalized spacial score (nSPS) is 10.8. The highest BCUT2D eigenvalue weighted by Crippen LogP contribution is 2.23. The van der Waals surface area contributed by atoms with Crippen LogP contribution in [0, 0.1) is 0 Å². The van der Waals surface area contributed by atoms with Crippen LogP contribution < -0.4 is 21.3 Å². The Hall–Kier alpha value is -4.10. The maximum atomic E-state index is 11.8. The number of carbonyl (C=O) groups is 4. The molecule has 1 aromatic carbocycles. The second kappa shape index (κ2) is 24.1. The zero-order valence-electron chi connectivity index (χ0n) is 29.0. The van der Waals surface area contributed by atoms with Crippen LogP contribution in [0.15, 0.2) is 72.9 Å². The number of carbonyl (C=O) groups excluding carboxylic acids is 4. The number of rotatable bonds is 26. The molecule has 266 valence electrons. The van der Waals surface area contributed by atoms with Crippen molar-refractivity contribution in [3.8, 4) is 0 Å². The summed E-state index contributed by atoms with van der Waals surface area (Å²) >= 11 is 0. The van der Waals surface area contributed by atoms with Gasteiger partial charge < -0.3 is 40.2 Å². The number of nitrogens with one attached hydrogen (secondary N) is 4. The molecular weight excluding hydrogens is 616 g/mol. The first kappa shape index (κ1) is 41.9. The number of ether oxygens (including phenoxy) is 4. The Morgan fingerprint density at radius 1 is 0.479 bits per heavy atom. The van der Waals surface area contributed by atoms with E-state index >= 15 is 0 Å². The third kappa shape index (κ3) is 18.3. The lowest BCUT2D eigenvalue weighted by atomic mass is 9.95. The topological polar surface area (TPSA) is 153 Å². The standard InChI is InChI=1S/C36H54N4O8/c1-25(2)33(41)37-13-17-45-21-31(22-46-18-14-38-34(42)26(3)4)29-9-11-30(12-10-29)32(23-47-19-15-39-35(43)27(5)6)24-48-20-16-40-36(44)28(7)8/h9-12,31-32H,1,3,5,7,13-24H2,2,4,6,8H3,(H,37,41)(H,38,42)(H,39,43)(H,40,44). The molecule has 0 atom stereocenters. The van der Waals surface area contributed by atoms with Gasteiger partial charge in [-0.05, 0) is 38.8 Å². The van der Waals surface area contributed by atoms with Crippen LogP contribution in [-0.4, -0.2) is 103 Å². The fraction of sp³-hybridized carbons (Fsp3) is 0.500. The van der Waals surface area contributed by atoms with Gasteiger partial charge in [0.1, 0.15) is 0 Å². The van der Waals surface area contributed by atoms with Crippen LogP contribution in [0.3, 0.4) is 0 Å². The van der Waals surface area contributed by atoms with Crippen molar-refractivity contribution in [1.82, 2.24) is 21.3 Å². The van der Waals surface area contributed by atoms with E-state index in [9.17, 15) is 19.2 Å². The average Bonchev–Trinajstić information content (AvgIpc) is 3.05. The SMILES string of the molecule is C=C(C)C(=O)NCCOCC(COCCNC(=O)C(=C)C)c1ccc(C(COCCNC(=O)C(=C)C)COCCNC(=O)C(=C)C)cc1. The van der Waals surface area contributed by atoms with Crippen molar-refractivity contribution in [3.63, 3.8) is 0 Å². The summed E-state index contributed by atoms with van der Waals surface area (Å²) < 4.78 is 23.5.